The molecule has 0 bridgehead atoms. The molecule has 0 radical (unpaired) electrons. The molecule has 0 spiro atoms. The largest absolute Gasteiger partial charge is 0.381 e. The summed E-state index contributed by atoms with van der Waals surface area (Å²) in [7, 11) is 0. The molecule has 7 heteroatoms. The molecule has 1 heterocycles. The number of nitrogens with one attached hydrogen (secondary N) is 2. The van der Waals surface area contributed by atoms with E-state index in [4.69, 9.17) is 10.5 Å². The summed E-state index contributed by atoms with van der Waals surface area (Å²) in [6, 6.07) is 7.62. The average Bonchev–Trinajstić information content (AvgIpc) is 2.67. The lowest BCUT2D eigenvalue weighted by Gasteiger charge is -2.31. The summed E-state index contributed by atoms with van der Waals surface area (Å²) in [6.45, 7) is 1.44. The predicted molar refractivity (Wildman–Crippen MR) is 108 cm³/mol. The predicted octanol–water partition coefficient (Wildman–Crippen LogP) is 2.75. The summed E-state index contributed by atoms with van der Waals surface area (Å²) in [4.78, 5) is 24.8. The van der Waals surface area contributed by atoms with Crippen molar-refractivity contribution < 1.29 is 14.3 Å². The van der Waals surface area contributed by atoms with E-state index in [-0.39, 0.29) is 30.1 Å². The van der Waals surface area contributed by atoms with Crippen LogP contribution in [-0.4, -0.2) is 30.6 Å². The topological polar surface area (TPSA) is 93.5 Å². The molecule has 2 amide bonds. The summed E-state index contributed by atoms with van der Waals surface area (Å²) < 4.78 is 5.28. The SMILES string of the molecule is Cl.NC1(C(=O)NCc2cccc(NC(=O)C3CCCCC3)c2)CCOCC1. The Morgan fingerprint density at radius 2 is 1.85 bits per heavy atom. The molecule has 1 saturated carbocycles. The quantitative estimate of drug-likeness (QED) is 0.714. The third kappa shape index (κ3) is 5.92. The zero-order valence-electron chi connectivity index (χ0n) is 15.7. The lowest BCUT2D eigenvalue weighted by molar-refractivity contribution is -0.130. The van der Waals surface area contributed by atoms with Crippen molar-refractivity contribution in [2.24, 2.45) is 11.7 Å². The van der Waals surface area contributed by atoms with Gasteiger partial charge in [0.1, 0.15) is 0 Å². The Kier molecular flexibility index (Phi) is 8.07. The normalized spacial score (nSPS) is 19.6. The summed E-state index contributed by atoms with van der Waals surface area (Å²) in [5.74, 6) is 0.0872. The van der Waals surface area contributed by atoms with E-state index >= 15 is 0 Å². The van der Waals surface area contributed by atoms with Crippen molar-refractivity contribution in [3.63, 3.8) is 0 Å². The molecule has 0 atom stereocenters. The van der Waals surface area contributed by atoms with Crippen molar-refractivity contribution in [3.8, 4) is 0 Å². The van der Waals surface area contributed by atoms with Gasteiger partial charge in [0.25, 0.3) is 0 Å². The molecule has 2 aliphatic rings. The minimum atomic E-state index is -0.842. The van der Waals surface area contributed by atoms with Gasteiger partial charge < -0.3 is 21.1 Å². The van der Waals surface area contributed by atoms with Gasteiger partial charge in [-0.25, -0.2) is 0 Å². The minimum Gasteiger partial charge on any atom is -0.381 e. The molecule has 4 N–H and O–H groups in total. The number of hydrogen-bond acceptors (Lipinski definition) is 4. The van der Waals surface area contributed by atoms with Gasteiger partial charge >= 0.3 is 0 Å². The number of rotatable bonds is 5. The minimum absolute atomic E-state index is 0. The molecule has 1 aromatic carbocycles. The molecule has 6 nitrogen and oxygen atoms in total. The van der Waals surface area contributed by atoms with Crippen LogP contribution in [0.3, 0.4) is 0 Å². The van der Waals surface area contributed by atoms with Gasteiger partial charge in [0.05, 0.1) is 5.54 Å². The highest BCUT2D eigenvalue weighted by molar-refractivity contribution is 5.92. The maximum Gasteiger partial charge on any atom is 0.240 e. The lowest BCUT2D eigenvalue weighted by atomic mass is 9.88. The van der Waals surface area contributed by atoms with E-state index in [2.05, 4.69) is 10.6 Å². The Hall–Kier alpha value is -1.63. The molecular weight excluding hydrogens is 366 g/mol. The van der Waals surface area contributed by atoms with Crippen LogP contribution < -0.4 is 16.4 Å². The Labute approximate surface area is 167 Å². The van der Waals surface area contributed by atoms with E-state index in [1.54, 1.807) is 0 Å². The maximum absolute atomic E-state index is 12.4. The van der Waals surface area contributed by atoms with Gasteiger partial charge in [0.2, 0.25) is 11.8 Å². The van der Waals surface area contributed by atoms with Crippen LogP contribution in [0.2, 0.25) is 0 Å². The third-order valence-corrected chi connectivity index (χ3v) is 5.46. The molecule has 150 valence electrons. The van der Waals surface area contributed by atoms with E-state index in [0.717, 1.165) is 36.9 Å². The fraction of sp³-hybridized carbons (Fsp3) is 0.600. The number of nitrogens with two attached hydrogens (primary N) is 1. The molecule has 1 aliphatic carbocycles. The first kappa shape index (κ1) is 21.7. The second kappa shape index (κ2) is 10.1. The molecule has 1 aromatic rings. The van der Waals surface area contributed by atoms with Crippen molar-refractivity contribution in [1.29, 1.82) is 0 Å². The second-order valence-electron chi connectivity index (χ2n) is 7.48. The highest BCUT2D eigenvalue weighted by Crippen LogP contribution is 2.25. The van der Waals surface area contributed by atoms with Crippen LogP contribution in [0.1, 0.15) is 50.5 Å². The van der Waals surface area contributed by atoms with Crippen LogP contribution >= 0.6 is 12.4 Å². The summed E-state index contributed by atoms with van der Waals surface area (Å²) >= 11 is 0. The smallest absolute Gasteiger partial charge is 0.240 e. The van der Waals surface area contributed by atoms with E-state index in [9.17, 15) is 9.59 Å². The fourth-order valence-electron chi connectivity index (χ4n) is 3.69. The van der Waals surface area contributed by atoms with Crippen molar-refractivity contribution in [1.82, 2.24) is 5.32 Å². The van der Waals surface area contributed by atoms with Gasteiger partial charge in [-0.15, -0.1) is 12.4 Å². The standard InChI is InChI=1S/C20H29N3O3.ClH/c21-20(9-11-26-12-10-20)19(25)22-14-15-5-4-8-17(13-15)23-18(24)16-6-2-1-3-7-16;/h4-5,8,13,16H,1-3,6-7,9-12,14,21H2,(H,22,25)(H,23,24);1H. The van der Waals surface area contributed by atoms with Gasteiger partial charge in [-0.1, -0.05) is 31.4 Å². The summed E-state index contributed by atoms with van der Waals surface area (Å²) in [5.41, 5.74) is 7.07. The van der Waals surface area contributed by atoms with Crippen molar-refractivity contribution in [2.45, 2.75) is 57.0 Å². The maximum atomic E-state index is 12.4. The number of hydrogen-bond donors (Lipinski definition) is 3. The average molecular weight is 396 g/mol. The molecule has 3 rings (SSSR count). The van der Waals surface area contributed by atoms with E-state index in [0.29, 0.717) is 32.6 Å². The number of carbonyl (C=O) groups excluding carboxylic acids is 2. The van der Waals surface area contributed by atoms with Crippen LogP contribution in [0, 0.1) is 5.92 Å². The Morgan fingerprint density at radius 1 is 1.15 bits per heavy atom. The molecule has 1 aliphatic heterocycles. The van der Waals surface area contributed by atoms with Gasteiger partial charge in [-0.3, -0.25) is 9.59 Å². The van der Waals surface area contributed by atoms with Crippen LogP contribution in [0.25, 0.3) is 0 Å². The second-order valence-corrected chi connectivity index (χ2v) is 7.48. The highest BCUT2D eigenvalue weighted by Gasteiger charge is 2.35. The molecular formula is C20H30ClN3O3. The number of halogens is 1. The summed E-state index contributed by atoms with van der Waals surface area (Å²) in [5, 5.41) is 5.94. The van der Waals surface area contributed by atoms with E-state index in [1.807, 2.05) is 24.3 Å². The first-order chi connectivity index (χ1) is 12.6. The van der Waals surface area contributed by atoms with Crippen LogP contribution in [-0.2, 0) is 20.9 Å². The van der Waals surface area contributed by atoms with Gasteiger partial charge in [-0.05, 0) is 43.4 Å². The molecule has 0 aromatic heterocycles. The van der Waals surface area contributed by atoms with Crippen molar-refractivity contribution >= 4 is 29.9 Å². The Balaban J connectivity index is 0.00000261. The van der Waals surface area contributed by atoms with E-state index in [1.165, 1.54) is 6.42 Å². The molecule has 1 saturated heterocycles. The van der Waals surface area contributed by atoms with Crippen molar-refractivity contribution in [2.75, 3.05) is 18.5 Å². The van der Waals surface area contributed by atoms with E-state index < -0.39 is 5.54 Å². The zero-order valence-corrected chi connectivity index (χ0v) is 16.5. The van der Waals surface area contributed by atoms with Crippen LogP contribution in [0.4, 0.5) is 5.69 Å². The monoisotopic (exact) mass is 395 g/mol. The number of carbonyl (C=O) groups is 2. The van der Waals surface area contributed by atoms with Gasteiger partial charge in [0, 0.05) is 31.4 Å². The van der Waals surface area contributed by atoms with Crippen LogP contribution in [0.15, 0.2) is 24.3 Å². The Morgan fingerprint density at radius 3 is 2.56 bits per heavy atom. The number of anilines is 1. The first-order valence-electron chi connectivity index (χ1n) is 9.62. The Bertz CT molecular complexity index is 641. The molecule has 2 fully saturated rings. The lowest BCUT2D eigenvalue weighted by Crippen LogP contribution is -2.56. The highest BCUT2D eigenvalue weighted by atomic mass is 35.5. The first-order valence-corrected chi connectivity index (χ1v) is 9.62. The number of amides is 2. The van der Waals surface area contributed by atoms with Crippen LogP contribution in [0.5, 0.6) is 0 Å². The van der Waals surface area contributed by atoms with Gasteiger partial charge in [0.15, 0.2) is 0 Å². The fourth-order valence-corrected chi connectivity index (χ4v) is 3.69. The van der Waals surface area contributed by atoms with Gasteiger partial charge in [-0.2, -0.15) is 0 Å². The molecule has 0 unspecified atom stereocenters. The summed E-state index contributed by atoms with van der Waals surface area (Å²) in [6.07, 6.45) is 6.53. The van der Waals surface area contributed by atoms with Crippen molar-refractivity contribution in [3.05, 3.63) is 29.8 Å². The number of benzene rings is 1. The molecule has 27 heavy (non-hydrogen) atoms. The number of ether oxygens (including phenoxy) is 1. The third-order valence-electron chi connectivity index (χ3n) is 5.46. The zero-order chi connectivity index (χ0) is 18.4.